The predicted molar refractivity (Wildman–Crippen MR) is 88.3 cm³/mol. The van der Waals surface area contributed by atoms with Gasteiger partial charge in [-0.15, -0.1) is 0 Å². The number of para-hydroxylation sites is 1. The van der Waals surface area contributed by atoms with Gasteiger partial charge in [0.15, 0.2) is 5.16 Å². The van der Waals surface area contributed by atoms with Crippen LogP contribution in [0.3, 0.4) is 0 Å². The zero-order valence-electron chi connectivity index (χ0n) is 12.8. The highest BCUT2D eigenvalue weighted by Crippen LogP contribution is 2.22. The van der Waals surface area contributed by atoms with Gasteiger partial charge in [-0.05, 0) is 24.5 Å². The largest absolute Gasteiger partial charge is 0.396 e. The quantitative estimate of drug-likeness (QED) is 0.766. The molecule has 1 aromatic heterocycles. The van der Waals surface area contributed by atoms with Crippen molar-refractivity contribution < 1.29 is 9.90 Å². The van der Waals surface area contributed by atoms with Crippen molar-refractivity contribution >= 4 is 17.7 Å². The predicted octanol–water partition coefficient (Wildman–Crippen LogP) is 2.02. The summed E-state index contributed by atoms with van der Waals surface area (Å²) in [5.41, 5.74) is 2.22. The van der Waals surface area contributed by atoms with Crippen molar-refractivity contribution in [2.24, 2.45) is 5.92 Å². The Morgan fingerprint density at radius 3 is 2.95 bits per heavy atom. The summed E-state index contributed by atoms with van der Waals surface area (Å²) in [5.74, 6) is 0.327. The molecule has 0 fully saturated rings. The third-order valence-corrected chi connectivity index (χ3v) is 4.24. The van der Waals surface area contributed by atoms with Gasteiger partial charge in [-0.2, -0.15) is 0 Å². The number of aliphatic hydroxyl groups is 1. The van der Waals surface area contributed by atoms with Crippen LogP contribution in [0.15, 0.2) is 41.8 Å². The maximum atomic E-state index is 11.8. The maximum absolute atomic E-state index is 11.8. The molecule has 0 aliphatic heterocycles. The van der Waals surface area contributed by atoms with Gasteiger partial charge in [0.2, 0.25) is 5.91 Å². The second-order valence-electron chi connectivity index (χ2n) is 5.25. The number of benzene rings is 1. The number of imidazole rings is 1. The molecule has 1 aromatic carbocycles. The second kappa shape index (κ2) is 8.00. The lowest BCUT2D eigenvalue weighted by molar-refractivity contribution is -0.118. The highest BCUT2D eigenvalue weighted by Gasteiger charge is 2.10. The number of aromatic nitrogens is 2. The van der Waals surface area contributed by atoms with Crippen LogP contribution >= 0.6 is 11.8 Å². The van der Waals surface area contributed by atoms with Gasteiger partial charge >= 0.3 is 0 Å². The number of hydrogen-bond acceptors (Lipinski definition) is 4. The van der Waals surface area contributed by atoms with Crippen molar-refractivity contribution in [2.45, 2.75) is 19.0 Å². The number of thioether (sulfide) groups is 1. The Bertz CT molecular complexity index is 627. The smallest absolute Gasteiger partial charge is 0.230 e. The number of amides is 1. The zero-order chi connectivity index (χ0) is 15.9. The van der Waals surface area contributed by atoms with E-state index in [2.05, 4.69) is 10.3 Å². The first kappa shape index (κ1) is 16.6. The molecule has 2 N–H and O–H groups in total. The lowest BCUT2D eigenvalue weighted by atomic mass is 10.2. The molecule has 1 unspecified atom stereocenters. The van der Waals surface area contributed by atoms with E-state index in [9.17, 15) is 4.79 Å². The van der Waals surface area contributed by atoms with Gasteiger partial charge in [-0.3, -0.25) is 9.36 Å². The molecule has 0 saturated heterocycles. The summed E-state index contributed by atoms with van der Waals surface area (Å²) >= 11 is 1.40. The number of carbonyl (C=O) groups excluding carboxylic acids is 1. The summed E-state index contributed by atoms with van der Waals surface area (Å²) in [4.78, 5) is 16.1. The Morgan fingerprint density at radius 1 is 1.45 bits per heavy atom. The molecule has 5 nitrogen and oxygen atoms in total. The normalized spacial score (nSPS) is 12.1. The number of carbonyl (C=O) groups is 1. The molecule has 0 spiro atoms. The van der Waals surface area contributed by atoms with Crippen LogP contribution in [0, 0.1) is 12.8 Å². The molecule has 1 atom stereocenters. The van der Waals surface area contributed by atoms with E-state index in [-0.39, 0.29) is 18.4 Å². The minimum atomic E-state index is -0.0513. The number of rotatable bonds is 7. The van der Waals surface area contributed by atoms with Crippen molar-refractivity contribution in [3.05, 3.63) is 42.2 Å². The number of nitrogens with zero attached hydrogens (tertiary/aromatic N) is 2. The summed E-state index contributed by atoms with van der Waals surface area (Å²) in [7, 11) is 0. The number of hydrogen-bond donors (Lipinski definition) is 2. The minimum absolute atomic E-state index is 0.0513. The Balaban J connectivity index is 1.96. The van der Waals surface area contributed by atoms with E-state index in [1.54, 1.807) is 6.20 Å². The van der Waals surface area contributed by atoms with E-state index < -0.39 is 0 Å². The van der Waals surface area contributed by atoms with Crippen LogP contribution in [0.5, 0.6) is 0 Å². The average Bonchev–Trinajstić information content (AvgIpc) is 2.99. The first-order chi connectivity index (χ1) is 10.6. The Hall–Kier alpha value is -1.79. The molecule has 2 rings (SSSR count). The molecule has 118 valence electrons. The van der Waals surface area contributed by atoms with E-state index in [1.807, 2.05) is 48.9 Å². The third kappa shape index (κ3) is 4.35. The first-order valence-corrected chi connectivity index (χ1v) is 8.20. The van der Waals surface area contributed by atoms with Gasteiger partial charge in [0.05, 0.1) is 11.4 Å². The molecule has 6 heteroatoms. The monoisotopic (exact) mass is 319 g/mol. The van der Waals surface area contributed by atoms with E-state index in [1.165, 1.54) is 11.8 Å². The van der Waals surface area contributed by atoms with Crippen LogP contribution in [-0.4, -0.2) is 39.5 Å². The molecule has 0 saturated carbocycles. The molecule has 0 bridgehead atoms. The summed E-state index contributed by atoms with van der Waals surface area (Å²) in [5, 5.41) is 12.5. The lowest BCUT2D eigenvalue weighted by Crippen LogP contribution is -2.30. The molecular weight excluding hydrogens is 298 g/mol. The fraction of sp³-hybridized carbons (Fsp3) is 0.375. The molecule has 0 aliphatic rings. The van der Waals surface area contributed by atoms with Gasteiger partial charge in [0.1, 0.15) is 0 Å². The minimum Gasteiger partial charge on any atom is -0.396 e. The third-order valence-electron chi connectivity index (χ3n) is 3.27. The molecule has 1 amide bonds. The summed E-state index contributed by atoms with van der Waals surface area (Å²) in [6.45, 7) is 4.50. The van der Waals surface area contributed by atoms with Crippen molar-refractivity contribution in [1.82, 2.24) is 14.9 Å². The van der Waals surface area contributed by atoms with Crippen molar-refractivity contribution in [3.63, 3.8) is 0 Å². The second-order valence-corrected chi connectivity index (χ2v) is 6.19. The number of aliphatic hydroxyl groups excluding tert-OH is 1. The summed E-state index contributed by atoms with van der Waals surface area (Å²) in [6.07, 6.45) is 3.64. The Kier molecular flexibility index (Phi) is 6.03. The van der Waals surface area contributed by atoms with Gasteiger partial charge in [0.25, 0.3) is 0 Å². The molecule has 0 radical (unpaired) electrons. The lowest BCUT2D eigenvalue weighted by Gasteiger charge is -2.11. The van der Waals surface area contributed by atoms with E-state index >= 15 is 0 Å². The zero-order valence-corrected chi connectivity index (χ0v) is 13.6. The molecule has 1 heterocycles. The summed E-state index contributed by atoms with van der Waals surface area (Å²) < 4.78 is 1.99. The van der Waals surface area contributed by atoms with E-state index in [0.29, 0.717) is 12.3 Å². The van der Waals surface area contributed by atoms with Gasteiger partial charge in [-0.1, -0.05) is 36.9 Å². The van der Waals surface area contributed by atoms with E-state index in [0.717, 1.165) is 16.4 Å². The average molecular weight is 319 g/mol. The molecule has 0 aliphatic carbocycles. The molecule has 2 aromatic rings. The van der Waals surface area contributed by atoms with Gasteiger partial charge in [0, 0.05) is 25.5 Å². The number of nitrogens with one attached hydrogen (secondary N) is 1. The Labute approximate surface area is 134 Å². The molecular formula is C16H21N3O2S. The van der Waals surface area contributed by atoms with Gasteiger partial charge in [-0.25, -0.2) is 4.98 Å². The van der Waals surface area contributed by atoms with Crippen LogP contribution < -0.4 is 5.32 Å². The van der Waals surface area contributed by atoms with Crippen LogP contribution in [0.1, 0.15) is 12.5 Å². The van der Waals surface area contributed by atoms with Gasteiger partial charge < -0.3 is 10.4 Å². The molecule has 22 heavy (non-hydrogen) atoms. The highest BCUT2D eigenvalue weighted by atomic mass is 32.2. The van der Waals surface area contributed by atoms with Crippen molar-refractivity contribution in [1.29, 1.82) is 0 Å². The van der Waals surface area contributed by atoms with Crippen LogP contribution in [-0.2, 0) is 4.79 Å². The summed E-state index contributed by atoms with van der Waals surface area (Å²) in [6, 6.07) is 8.06. The number of aryl methyl sites for hydroxylation is 1. The van der Waals surface area contributed by atoms with Crippen LogP contribution in [0.2, 0.25) is 0 Å². The fourth-order valence-corrected chi connectivity index (χ4v) is 2.74. The van der Waals surface area contributed by atoms with Crippen LogP contribution in [0.4, 0.5) is 0 Å². The standard InChI is InChI=1S/C16H21N3O2S/c1-12(10-20)9-18-15(21)11-22-16-17-7-8-19(16)14-6-4-3-5-13(14)2/h3-8,12,20H,9-11H2,1-2H3,(H,18,21). The van der Waals surface area contributed by atoms with Crippen molar-refractivity contribution in [2.75, 3.05) is 18.9 Å². The van der Waals surface area contributed by atoms with E-state index in [4.69, 9.17) is 5.11 Å². The SMILES string of the molecule is Cc1ccccc1-n1ccnc1SCC(=O)NCC(C)CO. The Morgan fingerprint density at radius 2 is 2.23 bits per heavy atom. The van der Waals surface area contributed by atoms with Crippen LogP contribution in [0.25, 0.3) is 5.69 Å². The topological polar surface area (TPSA) is 67.2 Å². The fourth-order valence-electron chi connectivity index (χ4n) is 1.95. The first-order valence-electron chi connectivity index (χ1n) is 7.21. The van der Waals surface area contributed by atoms with Crippen molar-refractivity contribution in [3.8, 4) is 5.69 Å². The maximum Gasteiger partial charge on any atom is 0.230 e. The highest BCUT2D eigenvalue weighted by molar-refractivity contribution is 7.99.